The molecule has 4 heteroatoms. The molecule has 0 atom stereocenters. The highest BCUT2D eigenvalue weighted by molar-refractivity contribution is 7.13. The van der Waals surface area contributed by atoms with Crippen LogP contribution in [-0.4, -0.2) is 4.98 Å². The van der Waals surface area contributed by atoms with Crippen LogP contribution in [0, 0.1) is 13.8 Å². The van der Waals surface area contributed by atoms with Crippen LogP contribution in [0.15, 0.2) is 76.3 Å². The van der Waals surface area contributed by atoms with Gasteiger partial charge in [-0.05, 0) is 36.6 Å². The van der Waals surface area contributed by atoms with Crippen molar-refractivity contribution in [3.05, 3.63) is 77.2 Å². The zero-order chi connectivity index (χ0) is 17.2. The van der Waals surface area contributed by atoms with Crippen LogP contribution >= 0.6 is 11.3 Å². The Hall–Kier alpha value is -2.85. The topological polar surface area (TPSA) is 37.6 Å². The minimum Gasteiger partial charge on any atom is -0.217 e. The number of aryl methyl sites for hydroxylation is 2. The maximum atomic E-state index is 4.57. The minimum absolute atomic E-state index is 0.669. The lowest BCUT2D eigenvalue weighted by Gasteiger charge is -2.01. The average Bonchev–Trinajstić information content (AvgIpc) is 3.24. The number of fused-ring (bicyclic) bond motifs is 1. The molecule has 0 fully saturated rings. The molecule has 1 aromatic carbocycles. The number of aromatic nitrogens is 1. The Labute approximate surface area is 151 Å². The van der Waals surface area contributed by atoms with Gasteiger partial charge >= 0.3 is 0 Å². The third-order valence-corrected chi connectivity index (χ3v) is 4.97. The molecule has 2 aliphatic rings. The number of azo groups is 1. The average molecular weight is 343 g/mol. The van der Waals surface area contributed by atoms with E-state index in [2.05, 4.69) is 53.3 Å². The molecule has 0 saturated heterocycles. The van der Waals surface area contributed by atoms with Gasteiger partial charge < -0.3 is 0 Å². The maximum Gasteiger partial charge on any atom is 0.230 e. The van der Waals surface area contributed by atoms with E-state index in [-0.39, 0.29) is 0 Å². The second-order valence-electron chi connectivity index (χ2n) is 5.98. The summed E-state index contributed by atoms with van der Waals surface area (Å²) in [6.07, 6.45) is 0. The van der Waals surface area contributed by atoms with E-state index in [1.807, 2.05) is 41.8 Å². The van der Waals surface area contributed by atoms with Crippen molar-refractivity contribution in [1.29, 1.82) is 0 Å². The van der Waals surface area contributed by atoms with Gasteiger partial charge in [0.05, 0.1) is 11.4 Å². The fraction of sp³-hybridized carbons (Fsp3) is 0.0952. The lowest BCUT2D eigenvalue weighted by molar-refractivity contribution is 1.20. The van der Waals surface area contributed by atoms with Gasteiger partial charge in [-0.3, -0.25) is 0 Å². The Morgan fingerprint density at radius 1 is 0.800 bits per heavy atom. The lowest BCUT2D eigenvalue weighted by Crippen LogP contribution is -1.77. The zero-order valence-corrected chi connectivity index (χ0v) is 14.9. The van der Waals surface area contributed by atoms with Gasteiger partial charge in [0.15, 0.2) is 0 Å². The van der Waals surface area contributed by atoms with Gasteiger partial charge in [0, 0.05) is 16.5 Å². The molecular weight excluding hydrogens is 326 g/mol. The molecule has 0 saturated carbocycles. The summed E-state index contributed by atoms with van der Waals surface area (Å²) in [5.41, 5.74) is 7.74. The molecule has 0 radical (unpaired) electrons. The van der Waals surface area contributed by atoms with Gasteiger partial charge in [-0.2, -0.15) is 0 Å². The summed E-state index contributed by atoms with van der Waals surface area (Å²) >= 11 is 1.51. The molecule has 1 aromatic heterocycles. The molecular formula is C21H17N3S. The summed E-state index contributed by atoms with van der Waals surface area (Å²) in [5, 5.41) is 11.5. The largest absolute Gasteiger partial charge is 0.230 e. The highest BCUT2D eigenvalue weighted by Crippen LogP contribution is 2.39. The van der Waals surface area contributed by atoms with Gasteiger partial charge in [0.1, 0.15) is 0 Å². The second kappa shape index (κ2) is 6.57. The van der Waals surface area contributed by atoms with E-state index >= 15 is 0 Å². The number of benzene rings is 1. The Kier molecular flexibility index (Phi) is 4.12. The van der Waals surface area contributed by atoms with Crippen molar-refractivity contribution in [2.75, 3.05) is 0 Å². The summed E-state index contributed by atoms with van der Waals surface area (Å²) in [6.45, 7) is 4.23. The fourth-order valence-electron chi connectivity index (χ4n) is 2.95. The molecule has 2 aromatic rings. The van der Waals surface area contributed by atoms with Crippen LogP contribution in [0.5, 0.6) is 0 Å². The molecule has 0 amide bonds. The van der Waals surface area contributed by atoms with Gasteiger partial charge in [0.25, 0.3) is 0 Å². The van der Waals surface area contributed by atoms with Crippen molar-refractivity contribution in [2.24, 2.45) is 10.2 Å². The van der Waals surface area contributed by atoms with Crippen LogP contribution in [0.4, 0.5) is 10.8 Å². The molecule has 25 heavy (non-hydrogen) atoms. The summed E-state index contributed by atoms with van der Waals surface area (Å²) in [7, 11) is 0. The quantitative estimate of drug-likeness (QED) is 0.371. The Balaban J connectivity index is 1.66. The predicted molar refractivity (Wildman–Crippen MR) is 104 cm³/mol. The van der Waals surface area contributed by atoms with Gasteiger partial charge in [-0.1, -0.05) is 54.6 Å². The zero-order valence-electron chi connectivity index (χ0n) is 14.1. The molecule has 1 heterocycles. The van der Waals surface area contributed by atoms with Crippen LogP contribution in [0.1, 0.15) is 11.1 Å². The molecule has 2 aliphatic carbocycles. The van der Waals surface area contributed by atoms with E-state index < -0.39 is 0 Å². The fourth-order valence-corrected chi connectivity index (χ4v) is 3.60. The van der Waals surface area contributed by atoms with Crippen LogP contribution in [0.3, 0.4) is 0 Å². The summed E-state index contributed by atoms with van der Waals surface area (Å²) in [4.78, 5) is 4.57. The van der Waals surface area contributed by atoms with Crippen LogP contribution in [0.25, 0.3) is 22.4 Å². The smallest absolute Gasteiger partial charge is 0.217 e. The van der Waals surface area contributed by atoms with Gasteiger partial charge in [0.2, 0.25) is 5.13 Å². The molecule has 0 spiro atoms. The summed E-state index contributed by atoms with van der Waals surface area (Å²) in [5.74, 6) is 0. The van der Waals surface area contributed by atoms with E-state index in [1.54, 1.807) is 0 Å². The van der Waals surface area contributed by atoms with Crippen molar-refractivity contribution in [1.82, 2.24) is 4.98 Å². The van der Waals surface area contributed by atoms with Crippen LogP contribution < -0.4 is 0 Å². The highest BCUT2D eigenvalue weighted by atomic mass is 32.1. The number of hydrogen-bond acceptors (Lipinski definition) is 4. The Morgan fingerprint density at radius 3 is 2.44 bits per heavy atom. The number of hydrogen-bond donors (Lipinski definition) is 0. The first-order chi connectivity index (χ1) is 12.2. The Bertz CT molecular complexity index is 1020. The molecule has 122 valence electrons. The first-order valence-electron chi connectivity index (χ1n) is 8.14. The number of nitrogens with zero attached hydrogens (tertiary/aromatic N) is 3. The first-order valence-corrected chi connectivity index (χ1v) is 9.02. The van der Waals surface area contributed by atoms with Crippen LogP contribution in [0.2, 0.25) is 0 Å². The molecule has 0 unspecified atom stereocenters. The predicted octanol–water partition coefficient (Wildman–Crippen LogP) is 6.95. The van der Waals surface area contributed by atoms with Crippen molar-refractivity contribution in [3.8, 4) is 22.4 Å². The van der Waals surface area contributed by atoms with Crippen molar-refractivity contribution in [3.63, 3.8) is 0 Å². The third kappa shape index (κ3) is 3.08. The van der Waals surface area contributed by atoms with E-state index in [4.69, 9.17) is 0 Å². The number of rotatable bonds is 3. The van der Waals surface area contributed by atoms with Gasteiger partial charge in [-0.15, -0.1) is 21.6 Å². The van der Waals surface area contributed by atoms with Crippen molar-refractivity contribution < 1.29 is 0 Å². The maximum absolute atomic E-state index is 4.57. The normalized spacial score (nSPS) is 11.4. The van der Waals surface area contributed by atoms with E-state index in [9.17, 15) is 0 Å². The summed E-state index contributed by atoms with van der Waals surface area (Å²) in [6, 6.07) is 20.6. The minimum atomic E-state index is 0.669. The van der Waals surface area contributed by atoms with Crippen LogP contribution in [-0.2, 0) is 0 Å². The monoisotopic (exact) mass is 343 g/mol. The third-order valence-electron chi connectivity index (χ3n) is 4.25. The molecule has 4 rings (SSSR count). The second-order valence-corrected chi connectivity index (χ2v) is 6.82. The SMILES string of the molecule is Cc1cccc(C)c2c(N=Nc3nc(-c4ccccc4)cs3)ccc1-2. The van der Waals surface area contributed by atoms with Crippen molar-refractivity contribution >= 4 is 22.2 Å². The molecule has 0 bridgehead atoms. The molecule has 3 nitrogen and oxygen atoms in total. The first kappa shape index (κ1) is 15.7. The number of thiazole rings is 1. The lowest BCUT2D eigenvalue weighted by atomic mass is 10.0. The van der Waals surface area contributed by atoms with E-state index in [0.717, 1.165) is 22.5 Å². The standard InChI is InChI=1S/C21H17N3S/c1-14-7-6-8-15(2)20-17(14)11-12-18(20)23-24-21-22-19(13-25-21)16-9-4-3-5-10-16/h3-13H,1-2H3. The molecule has 0 aliphatic heterocycles. The van der Waals surface area contributed by atoms with Crippen molar-refractivity contribution in [2.45, 2.75) is 13.8 Å². The molecule has 0 N–H and O–H groups in total. The summed E-state index contributed by atoms with van der Waals surface area (Å²) < 4.78 is 0. The van der Waals surface area contributed by atoms with E-state index in [1.165, 1.54) is 28.0 Å². The van der Waals surface area contributed by atoms with Gasteiger partial charge in [-0.25, -0.2) is 4.98 Å². The Morgan fingerprint density at radius 2 is 1.60 bits per heavy atom. The highest BCUT2D eigenvalue weighted by Gasteiger charge is 2.13. The van der Waals surface area contributed by atoms with E-state index in [0.29, 0.717) is 5.13 Å².